The third kappa shape index (κ3) is 2.57. The third-order valence-corrected chi connectivity index (χ3v) is 4.26. The van der Waals surface area contributed by atoms with Crippen molar-refractivity contribution < 1.29 is 14.3 Å². The molecule has 0 amide bonds. The molecule has 1 fully saturated rings. The average molecular weight is 324 g/mol. The third-order valence-electron chi connectivity index (χ3n) is 3.86. The van der Waals surface area contributed by atoms with Crippen molar-refractivity contribution in [1.29, 1.82) is 0 Å². The lowest BCUT2D eigenvalue weighted by Crippen LogP contribution is -2.20. The quantitative estimate of drug-likeness (QED) is 0.812. The number of ether oxygens (including phenoxy) is 2. The van der Waals surface area contributed by atoms with Gasteiger partial charge in [0.05, 0.1) is 34.3 Å². The number of nitrogens with zero attached hydrogens (tertiary/aromatic N) is 3. The highest BCUT2D eigenvalue weighted by atomic mass is 35.5. The van der Waals surface area contributed by atoms with E-state index in [9.17, 15) is 4.79 Å². The van der Waals surface area contributed by atoms with Gasteiger partial charge in [0, 0.05) is 19.4 Å². The summed E-state index contributed by atoms with van der Waals surface area (Å²) in [4.78, 5) is 16.4. The lowest BCUT2D eigenvalue weighted by molar-refractivity contribution is 0.0526. The van der Waals surface area contributed by atoms with E-state index in [0.717, 1.165) is 37.1 Å². The fraction of sp³-hybridized carbons (Fsp3) is 0.533. The normalized spacial score (nSPS) is 16.1. The van der Waals surface area contributed by atoms with E-state index in [1.807, 2.05) is 11.6 Å². The van der Waals surface area contributed by atoms with Crippen LogP contribution in [0.2, 0.25) is 5.02 Å². The van der Waals surface area contributed by atoms with Gasteiger partial charge in [0.25, 0.3) is 0 Å². The molecule has 0 aliphatic carbocycles. The molecule has 2 aromatic rings. The van der Waals surface area contributed by atoms with Gasteiger partial charge in [0.2, 0.25) is 0 Å². The number of hydrogen-bond acceptors (Lipinski definition) is 5. The molecule has 0 radical (unpaired) electrons. The first kappa shape index (κ1) is 15.2. The van der Waals surface area contributed by atoms with Crippen molar-refractivity contribution in [3.05, 3.63) is 22.5 Å². The lowest BCUT2D eigenvalue weighted by Gasteiger charge is -2.22. The van der Waals surface area contributed by atoms with Crippen molar-refractivity contribution in [2.75, 3.05) is 19.8 Å². The Morgan fingerprint density at radius 2 is 2.23 bits per heavy atom. The minimum Gasteiger partial charge on any atom is -0.462 e. The first-order valence-electron chi connectivity index (χ1n) is 7.41. The van der Waals surface area contributed by atoms with Gasteiger partial charge < -0.3 is 9.47 Å². The Morgan fingerprint density at radius 1 is 1.50 bits per heavy atom. The van der Waals surface area contributed by atoms with E-state index in [0.29, 0.717) is 17.3 Å². The molecule has 1 saturated heterocycles. The second kappa shape index (κ2) is 6.22. The molecule has 0 saturated carbocycles. The monoisotopic (exact) mass is 323 g/mol. The molecule has 1 aliphatic heterocycles. The standard InChI is InChI=1S/C15H18ClN3O3/c1-3-22-15(20)11-8-17-14-12(13(11)16)9(2)18-19(14)10-4-6-21-7-5-10/h8,10H,3-7H2,1-2H3. The lowest BCUT2D eigenvalue weighted by atomic mass is 10.1. The molecule has 118 valence electrons. The minimum absolute atomic E-state index is 0.252. The maximum atomic E-state index is 11.9. The van der Waals surface area contributed by atoms with Gasteiger partial charge in [-0.15, -0.1) is 0 Å². The molecule has 0 aromatic carbocycles. The van der Waals surface area contributed by atoms with Gasteiger partial charge in [-0.25, -0.2) is 14.5 Å². The Labute approximate surface area is 133 Å². The molecule has 6 nitrogen and oxygen atoms in total. The number of fused-ring (bicyclic) bond motifs is 1. The Balaban J connectivity index is 2.08. The van der Waals surface area contributed by atoms with Crippen LogP contribution in [0.25, 0.3) is 11.0 Å². The van der Waals surface area contributed by atoms with Crippen LogP contribution in [-0.2, 0) is 9.47 Å². The summed E-state index contributed by atoms with van der Waals surface area (Å²) in [6.07, 6.45) is 3.27. The average Bonchev–Trinajstić information content (AvgIpc) is 2.86. The number of pyridine rings is 1. The summed E-state index contributed by atoms with van der Waals surface area (Å²) in [5.41, 5.74) is 1.76. The van der Waals surface area contributed by atoms with Gasteiger partial charge in [-0.3, -0.25) is 0 Å². The molecule has 1 aliphatic rings. The highest BCUT2D eigenvalue weighted by Crippen LogP contribution is 2.32. The molecule has 22 heavy (non-hydrogen) atoms. The summed E-state index contributed by atoms with van der Waals surface area (Å²) in [6, 6.07) is 0.252. The summed E-state index contributed by atoms with van der Waals surface area (Å²) >= 11 is 6.41. The number of aromatic nitrogens is 3. The summed E-state index contributed by atoms with van der Waals surface area (Å²) in [5.74, 6) is -0.458. The van der Waals surface area contributed by atoms with Gasteiger partial charge in [0.1, 0.15) is 0 Å². The van der Waals surface area contributed by atoms with Crippen molar-refractivity contribution in [2.45, 2.75) is 32.7 Å². The molecule has 3 rings (SSSR count). The number of rotatable bonds is 3. The Kier molecular flexibility index (Phi) is 4.31. The highest BCUT2D eigenvalue weighted by molar-refractivity contribution is 6.38. The maximum Gasteiger partial charge on any atom is 0.341 e. The number of aryl methyl sites for hydroxylation is 1. The van der Waals surface area contributed by atoms with Crippen LogP contribution in [0.5, 0.6) is 0 Å². The van der Waals surface area contributed by atoms with Crippen LogP contribution in [0.15, 0.2) is 6.20 Å². The number of halogens is 1. The fourth-order valence-corrected chi connectivity index (χ4v) is 3.12. The SMILES string of the molecule is CCOC(=O)c1cnc2c(c(C)nn2C2CCOCC2)c1Cl. The second-order valence-electron chi connectivity index (χ2n) is 5.28. The van der Waals surface area contributed by atoms with Crippen molar-refractivity contribution in [2.24, 2.45) is 0 Å². The largest absolute Gasteiger partial charge is 0.462 e. The number of hydrogen-bond donors (Lipinski definition) is 0. The zero-order chi connectivity index (χ0) is 15.7. The van der Waals surface area contributed by atoms with E-state index in [4.69, 9.17) is 21.1 Å². The Morgan fingerprint density at radius 3 is 2.91 bits per heavy atom. The Hall–Kier alpha value is -1.66. The van der Waals surface area contributed by atoms with Gasteiger partial charge >= 0.3 is 5.97 Å². The zero-order valence-corrected chi connectivity index (χ0v) is 13.4. The van der Waals surface area contributed by atoms with Crippen LogP contribution in [0.4, 0.5) is 0 Å². The second-order valence-corrected chi connectivity index (χ2v) is 5.66. The van der Waals surface area contributed by atoms with Gasteiger partial charge in [-0.05, 0) is 26.7 Å². The smallest absolute Gasteiger partial charge is 0.341 e. The van der Waals surface area contributed by atoms with E-state index >= 15 is 0 Å². The van der Waals surface area contributed by atoms with E-state index < -0.39 is 5.97 Å². The molecule has 0 N–H and O–H groups in total. The maximum absolute atomic E-state index is 11.9. The first-order valence-corrected chi connectivity index (χ1v) is 7.79. The molecule has 2 aromatic heterocycles. The molecular formula is C15H18ClN3O3. The van der Waals surface area contributed by atoms with Crippen molar-refractivity contribution in [1.82, 2.24) is 14.8 Å². The molecule has 7 heteroatoms. The van der Waals surface area contributed by atoms with Crippen LogP contribution in [0.1, 0.15) is 41.9 Å². The summed E-state index contributed by atoms with van der Waals surface area (Å²) in [6.45, 7) is 5.37. The van der Waals surface area contributed by atoms with E-state index in [1.165, 1.54) is 6.20 Å². The van der Waals surface area contributed by atoms with E-state index in [1.54, 1.807) is 6.92 Å². The van der Waals surface area contributed by atoms with Crippen LogP contribution in [0, 0.1) is 6.92 Å². The van der Waals surface area contributed by atoms with Gasteiger partial charge in [0.15, 0.2) is 5.65 Å². The van der Waals surface area contributed by atoms with Gasteiger partial charge in [-0.1, -0.05) is 11.6 Å². The number of esters is 1. The predicted octanol–water partition coefficient (Wildman–Crippen LogP) is 2.92. The van der Waals surface area contributed by atoms with Crippen molar-refractivity contribution in [3.8, 4) is 0 Å². The predicted molar refractivity (Wildman–Crippen MR) is 82.3 cm³/mol. The van der Waals surface area contributed by atoms with Crippen LogP contribution >= 0.6 is 11.6 Å². The highest BCUT2D eigenvalue weighted by Gasteiger charge is 2.24. The van der Waals surface area contributed by atoms with Crippen molar-refractivity contribution >= 4 is 28.6 Å². The Bertz CT molecular complexity index is 708. The minimum atomic E-state index is -0.458. The fourth-order valence-electron chi connectivity index (χ4n) is 2.77. The first-order chi connectivity index (χ1) is 10.6. The molecule has 0 bridgehead atoms. The number of carbonyl (C=O) groups is 1. The van der Waals surface area contributed by atoms with Crippen LogP contribution in [-0.4, -0.2) is 40.6 Å². The topological polar surface area (TPSA) is 66.2 Å². The van der Waals surface area contributed by atoms with Crippen LogP contribution < -0.4 is 0 Å². The summed E-state index contributed by atoms with van der Waals surface area (Å²) in [7, 11) is 0. The zero-order valence-electron chi connectivity index (χ0n) is 12.6. The summed E-state index contributed by atoms with van der Waals surface area (Å²) < 4.78 is 12.3. The van der Waals surface area contributed by atoms with Gasteiger partial charge in [-0.2, -0.15) is 5.10 Å². The number of carbonyl (C=O) groups excluding carboxylic acids is 1. The molecule has 0 spiro atoms. The van der Waals surface area contributed by atoms with E-state index in [-0.39, 0.29) is 11.6 Å². The van der Waals surface area contributed by atoms with Crippen molar-refractivity contribution in [3.63, 3.8) is 0 Å². The molecule has 0 unspecified atom stereocenters. The molecule has 0 atom stereocenters. The molecule has 3 heterocycles. The van der Waals surface area contributed by atoms with E-state index in [2.05, 4.69) is 10.1 Å². The summed E-state index contributed by atoms with van der Waals surface area (Å²) in [5, 5.41) is 5.66. The van der Waals surface area contributed by atoms with Crippen LogP contribution in [0.3, 0.4) is 0 Å². The molecular weight excluding hydrogens is 306 g/mol.